The summed E-state index contributed by atoms with van der Waals surface area (Å²) in [6.07, 6.45) is 0. The minimum absolute atomic E-state index is 0.0346. The average molecular weight is 350 g/mol. The Morgan fingerprint density at radius 1 is 0.920 bits per heavy atom. The van der Waals surface area contributed by atoms with Crippen molar-refractivity contribution in [2.24, 2.45) is 0 Å². The summed E-state index contributed by atoms with van der Waals surface area (Å²) in [6, 6.07) is 8.58. The lowest BCUT2D eigenvalue weighted by molar-refractivity contribution is 0.0449. The molecule has 0 saturated carbocycles. The van der Waals surface area contributed by atoms with Crippen LogP contribution in [-0.2, 0) is 4.74 Å². The molecular weight excluding hydrogens is 331 g/mol. The standard InChI is InChI=1S/C18H19FO6/c1-21-15-10-12(11-16(22-2)17(15)23-3)18(20)25-9-8-24-14-6-4-13(19)5-7-14/h4-7,10-11H,8-9H2,1-3H3. The Hall–Kier alpha value is -2.96. The van der Waals surface area contributed by atoms with Crippen molar-refractivity contribution >= 4 is 5.97 Å². The van der Waals surface area contributed by atoms with E-state index < -0.39 is 5.97 Å². The van der Waals surface area contributed by atoms with Crippen LogP contribution in [0.2, 0.25) is 0 Å². The second-order valence-corrected chi connectivity index (χ2v) is 4.85. The fourth-order valence-electron chi connectivity index (χ4n) is 2.11. The zero-order valence-corrected chi connectivity index (χ0v) is 14.2. The van der Waals surface area contributed by atoms with Crippen molar-refractivity contribution in [2.75, 3.05) is 34.5 Å². The lowest BCUT2D eigenvalue weighted by Gasteiger charge is -2.14. The van der Waals surface area contributed by atoms with E-state index in [1.165, 1.54) is 57.7 Å². The van der Waals surface area contributed by atoms with Gasteiger partial charge in [0.25, 0.3) is 0 Å². The predicted octanol–water partition coefficient (Wildman–Crippen LogP) is 3.09. The van der Waals surface area contributed by atoms with Crippen LogP contribution in [0, 0.1) is 5.82 Å². The lowest BCUT2D eigenvalue weighted by atomic mass is 10.2. The van der Waals surface area contributed by atoms with Crippen LogP contribution in [0.1, 0.15) is 10.4 Å². The van der Waals surface area contributed by atoms with Gasteiger partial charge in [0, 0.05) is 0 Å². The van der Waals surface area contributed by atoms with Crippen LogP contribution in [0.25, 0.3) is 0 Å². The SMILES string of the molecule is COc1cc(C(=O)OCCOc2ccc(F)cc2)cc(OC)c1OC. The van der Waals surface area contributed by atoms with E-state index in [-0.39, 0.29) is 24.6 Å². The Morgan fingerprint density at radius 3 is 2.04 bits per heavy atom. The number of halogens is 1. The van der Waals surface area contributed by atoms with Crippen molar-refractivity contribution in [1.82, 2.24) is 0 Å². The first-order valence-electron chi connectivity index (χ1n) is 7.44. The normalized spacial score (nSPS) is 10.1. The third-order valence-corrected chi connectivity index (χ3v) is 3.30. The van der Waals surface area contributed by atoms with Crippen molar-refractivity contribution in [3.63, 3.8) is 0 Å². The predicted molar refractivity (Wildman–Crippen MR) is 88.3 cm³/mol. The van der Waals surface area contributed by atoms with E-state index in [2.05, 4.69) is 0 Å². The van der Waals surface area contributed by atoms with Gasteiger partial charge in [0.05, 0.1) is 26.9 Å². The number of carbonyl (C=O) groups is 1. The molecule has 0 unspecified atom stereocenters. The molecule has 0 saturated heterocycles. The van der Waals surface area contributed by atoms with Gasteiger partial charge >= 0.3 is 5.97 Å². The molecule has 2 aromatic carbocycles. The van der Waals surface area contributed by atoms with Gasteiger partial charge in [0.1, 0.15) is 24.8 Å². The van der Waals surface area contributed by atoms with Crippen LogP contribution in [0.5, 0.6) is 23.0 Å². The van der Waals surface area contributed by atoms with Crippen LogP contribution in [0.3, 0.4) is 0 Å². The van der Waals surface area contributed by atoms with E-state index in [1.807, 2.05) is 0 Å². The fourth-order valence-corrected chi connectivity index (χ4v) is 2.11. The Bertz CT molecular complexity index is 689. The van der Waals surface area contributed by atoms with Gasteiger partial charge in [-0.05, 0) is 36.4 Å². The van der Waals surface area contributed by atoms with Crippen LogP contribution in [0.15, 0.2) is 36.4 Å². The minimum atomic E-state index is -0.554. The lowest BCUT2D eigenvalue weighted by Crippen LogP contribution is -2.13. The smallest absolute Gasteiger partial charge is 0.338 e. The molecule has 0 atom stereocenters. The molecule has 0 heterocycles. The Labute approximate surface area is 145 Å². The number of benzene rings is 2. The minimum Gasteiger partial charge on any atom is -0.493 e. The van der Waals surface area contributed by atoms with E-state index in [4.69, 9.17) is 23.7 Å². The zero-order valence-electron chi connectivity index (χ0n) is 14.2. The van der Waals surface area contributed by atoms with Gasteiger partial charge in [0.2, 0.25) is 5.75 Å². The van der Waals surface area contributed by atoms with Gasteiger partial charge in [-0.2, -0.15) is 0 Å². The summed E-state index contributed by atoms with van der Waals surface area (Å²) in [7, 11) is 4.40. The average Bonchev–Trinajstić information content (AvgIpc) is 2.65. The molecule has 0 spiro atoms. The summed E-state index contributed by atoms with van der Waals surface area (Å²) in [5, 5.41) is 0. The highest BCUT2D eigenvalue weighted by atomic mass is 19.1. The first kappa shape index (κ1) is 18.4. The molecule has 6 nitrogen and oxygen atoms in total. The summed E-state index contributed by atoms with van der Waals surface area (Å²) in [4.78, 5) is 12.2. The summed E-state index contributed by atoms with van der Waals surface area (Å²) in [6.45, 7) is 0.175. The van der Waals surface area contributed by atoms with Gasteiger partial charge in [0.15, 0.2) is 11.5 Å². The second-order valence-electron chi connectivity index (χ2n) is 4.85. The van der Waals surface area contributed by atoms with Crippen molar-refractivity contribution in [1.29, 1.82) is 0 Å². The van der Waals surface area contributed by atoms with Crippen LogP contribution < -0.4 is 18.9 Å². The topological polar surface area (TPSA) is 63.2 Å². The molecule has 2 rings (SSSR count). The molecule has 0 aromatic heterocycles. The molecule has 0 aliphatic carbocycles. The fraction of sp³-hybridized carbons (Fsp3) is 0.278. The molecule has 134 valence electrons. The summed E-state index contributed by atoms with van der Waals surface area (Å²) in [5.41, 5.74) is 0.260. The molecule has 0 bridgehead atoms. The number of esters is 1. The highest BCUT2D eigenvalue weighted by Gasteiger charge is 2.17. The van der Waals surface area contributed by atoms with Crippen molar-refractivity contribution in [3.05, 3.63) is 47.8 Å². The monoisotopic (exact) mass is 350 g/mol. The molecule has 0 N–H and O–H groups in total. The summed E-state index contributed by atoms with van der Waals surface area (Å²) < 4.78 is 38.9. The molecule has 0 aliphatic rings. The van der Waals surface area contributed by atoms with Crippen molar-refractivity contribution < 1.29 is 32.9 Å². The number of ether oxygens (including phenoxy) is 5. The van der Waals surface area contributed by atoms with Gasteiger partial charge < -0.3 is 23.7 Å². The first-order chi connectivity index (χ1) is 12.1. The maximum Gasteiger partial charge on any atom is 0.338 e. The van der Waals surface area contributed by atoms with E-state index in [9.17, 15) is 9.18 Å². The van der Waals surface area contributed by atoms with Gasteiger partial charge in [-0.1, -0.05) is 0 Å². The Balaban J connectivity index is 1.95. The van der Waals surface area contributed by atoms with E-state index >= 15 is 0 Å². The van der Waals surface area contributed by atoms with Gasteiger partial charge in [-0.25, -0.2) is 9.18 Å². The highest BCUT2D eigenvalue weighted by Crippen LogP contribution is 2.38. The highest BCUT2D eigenvalue weighted by molar-refractivity contribution is 5.91. The third-order valence-electron chi connectivity index (χ3n) is 3.30. The van der Waals surface area contributed by atoms with Crippen LogP contribution in [0.4, 0.5) is 4.39 Å². The number of carbonyl (C=O) groups excluding carboxylic acids is 1. The molecule has 2 aromatic rings. The molecule has 25 heavy (non-hydrogen) atoms. The Morgan fingerprint density at radius 2 is 1.52 bits per heavy atom. The number of methoxy groups -OCH3 is 3. The molecular formula is C18H19FO6. The van der Waals surface area contributed by atoms with E-state index in [0.29, 0.717) is 23.0 Å². The van der Waals surface area contributed by atoms with Gasteiger partial charge in [-0.15, -0.1) is 0 Å². The molecule has 0 aliphatic heterocycles. The number of rotatable bonds is 8. The molecule has 0 amide bonds. The zero-order chi connectivity index (χ0) is 18.2. The largest absolute Gasteiger partial charge is 0.493 e. The third kappa shape index (κ3) is 4.76. The van der Waals surface area contributed by atoms with Crippen molar-refractivity contribution in [2.45, 2.75) is 0 Å². The first-order valence-corrected chi connectivity index (χ1v) is 7.44. The number of hydrogen-bond donors (Lipinski definition) is 0. The van der Waals surface area contributed by atoms with Crippen LogP contribution in [-0.4, -0.2) is 40.5 Å². The number of hydrogen-bond acceptors (Lipinski definition) is 6. The van der Waals surface area contributed by atoms with E-state index in [1.54, 1.807) is 0 Å². The van der Waals surface area contributed by atoms with E-state index in [0.717, 1.165) is 0 Å². The van der Waals surface area contributed by atoms with Crippen molar-refractivity contribution in [3.8, 4) is 23.0 Å². The maximum absolute atomic E-state index is 12.8. The molecule has 7 heteroatoms. The molecule has 0 radical (unpaired) electrons. The summed E-state index contributed by atoms with van der Waals surface area (Å²) >= 11 is 0. The van der Waals surface area contributed by atoms with Crippen LogP contribution >= 0.6 is 0 Å². The summed E-state index contributed by atoms with van der Waals surface area (Å²) in [5.74, 6) is 0.697. The second kappa shape index (κ2) is 8.77. The maximum atomic E-state index is 12.8. The van der Waals surface area contributed by atoms with Gasteiger partial charge in [-0.3, -0.25) is 0 Å². The Kier molecular flexibility index (Phi) is 6.45. The quantitative estimate of drug-likeness (QED) is 0.539. The molecule has 0 fully saturated rings.